The number of halogens is 3. The zero-order valence-corrected chi connectivity index (χ0v) is 13.9. The molecule has 1 aromatic carbocycles. The van der Waals surface area contributed by atoms with Crippen LogP contribution in [0.2, 0.25) is 0 Å². The lowest BCUT2D eigenvalue weighted by Gasteiger charge is -2.26. The Morgan fingerprint density at radius 2 is 2.04 bits per heavy atom. The summed E-state index contributed by atoms with van der Waals surface area (Å²) >= 11 is 0. The normalized spacial score (nSPS) is 17.7. The molecule has 0 radical (unpaired) electrons. The molecule has 4 nitrogen and oxygen atoms in total. The molecule has 1 aliphatic rings. The van der Waals surface area contributed by atoms with Crippen LogP contribution in [0.1, 0.15) is 31.4 Å². The quantitative estimate of drug-likeness (QED) is 0.796. The fraction of sp³-hybridized carbons (Fsp3) is 0.647. The molecule has 1 aromatic rings. The minimum atomic E-state index is -4.26. The van der Waals surface area contributed by atoms with Gasteiger partial charge in [-0.2, -0.15) is 13.2 Å². The number of aliphatic hydroxyl groups is 2. The third-order valence-corrected chi connectivity index (χ3v) is 3.96. The fourth-order valence-corrected chi connectivity index (χ4v) is 2.92. The van der Waals surface area contributed by atoms with Gasteiger partial charge < -0.3 is 14.9 Å². The Labute approximate surface area is 139 Å². The highest BCUT2D eigenvalue weighted by atomic mass is 19.4. The molecule has 136 valence electrons. The van der Waals surface area contributed by atoms with E-state index in [1.165, 1.54) is 4.90 Å². The van der Waals surface area contributed by atoms with Crippen molar-refractivity contribution in [2.45, 2.75) is 51.1 Å². The Bertz CT molecular complexity index is 561. The van der Waals surface area contributed by atoms with E-state index in [1.807, 2.05) is 32.0 Å². The maximum absolute atomic E-state index is 12.5. The molecule has 0 aromatic heterocycles. The molecule has 2 N–H and O–H groups in total. The van der Waals surface area contributed by atoms with Crippen LogP contribution in [0, 0.1) is 0 Å². The predicted octanol–water partition coefficient (Wildman–Crippen LogP) is 2.51. The van der Waals surface area contributed by atoms with Crippen molar-refractivity contribution in [2.75, 3.05) is 19.7 Å². The minimum Gasteiger partial charge on any atom is -0.487 e. The Kier molecular flexibility index (Phi) is 5.78. The van der Waals surface area contributed by atoms with Crippen molar-refractivity contribution >= 4 is 0 Å². The summed E-state index contributed by atoms with van der Waals surface area (Å²) in [4.78, 5) is 1.50. The van der Waals surface area contributed by atoms with E-state index in [2.05, 4.69) is 0 Å². The summed E-state index contributed by atoms with van der Waals surface area (Å²) in [6, 6.07) is 5.64. The van der Waals surface area contributed by atoms with Gasteiger partial charge in [0.1, 0.15) is 11.4 Å². The van der Waals surface area contributed by atoms with E-state index in [0.29, 0.717) is 0 Å². The molecular formula is C17H24F3NO3. The number of benzene rings is 1. The highest BCUT2D eigenvalue weighted by molar-refractivity contribution is 5.45. The van der Waals surface area contributed by atoms with E-state index in [4.69, 9.17) is 9.84 Å². The number of fused-ring (bicyclic) bond motifs is 1. The first-order valence-electron chi connectivity index (χ1n) is 7.97. The molecule has 0 fully saturated rings. The van der Waals surface area contributed by atoms with Crippen molar-refractivity contribution in [3.8, 4) is 5.75 Å². The highest BCUT2D eigenvalue weighted by Crippen LogP contribution is 2.38. The number of nitrogens with zero attached hydrogens (tertiary/aromatic N) is 1. The first-order chi connectivity index (χ1) is 11.1. The van der Waals surface area contributed by atoms with Crippen molar-refractivity contribution in [3.63, 3.8) is 0 Å². The summed E-state index contributed by atoms with van der Waals surface area (Å²) in [6.45, 7) is 3.40. The van der Waals surface area contributed by atoms with Gasteiger partial charge in [-0.3, -0.25) is 4.90 Å². The number of para-hydroxylation sites is 1. The van der Waals surface area contributed by atoms with Gasteiger partial charge in [0.25, 0.3) is 0 Å². The van der Waals surface area contributed by atoms with E-state index in [-0.39, 0.29) is 25.2 Å². The van der Waals surface area contributed by atoms with Gasteiger partial charge in [0.05, 0.1) is 19.1 Å². The number of ether oxygens (including phenoxy) is 1. The highest BCUT2D eigenvalue weighted by Gasteiger charge is 2.32. The lowest BCUT2D eigenvalue weighted by molar-refractivity contribution is -0.139. The van der Waals surface area contributed by atoms with Crippen LogP contribution >= 0.6 is 0 Å². The molecule has 0 saturated heterocycles. The first-order valence-corrected chi connectivity index (χ1v) is 7.97. The minimum absolute atomic E-state index is 0.0281. The largest absolute Gasteiger partial charge is 0.487 e. The average molecular weight is 347 g/mol. The smallest absolute Gasteiger partial charge is 0.390 e. The average Bonchev–Trinajstić information content (AvgIpc) is 2.78. The molecule has 0 bridgehead atoms. The van der Waals surface area contributed by atoms with Crippen LogP contribution in [0.5, 0.6) is 5.75 Å². The third-order valence-electron chi connectivity index (χ3n) is 3.96. The van der Waals surface area contributed by atoms with E-state index in [9.17, 15) is 18.3 Å². The van der Waals surface area contributed by atoms with E-state index < -0.39 is 25.3 Å². The van der Waals surface area contributed by atoms with Crippen molar-refractivity contribution in [1.29, 1.82) is 0 Å². The maximum atomic E-state index is 12.5. The van der Waals surface area contributed by atoms with Gasteiger partial charge in [-0.1, -0.05) is 18.2 Å². The Balaban J connectivity index is 2.13. The van der Waals surface area contributed by atoms with Gasteiger partial charge in [0.15, 0.2) is 0 Å². The monoisotopic (exact) mass is 347 g/mol. The number of rotatable bonds is 7. The lowest BCUT2D eigenvalue weighted by Crippen LogP contribution is -2.36. The molecule has 0 aliphatic carbocycles. The van der Waals surface area contributed by atoms with Crippen LogP contribution in [0.25, 0.3) is 0 Å². The molecule has 1 heterocycles. The third kappa shape index (κ3) is 5.36. The van der Waals surface area contributed by atoms with Gasteiger partial charge in [0.2, 0.25) is 0 Å². The van der Waals surface area contributed by atoms with Crippen LogP contribution in [0.3, 0.4) is 0 Å². The Morgan fingerprint density at radius 3 is 2.67 bits per heavy atom. The van der Waals surface area contributed by atoms with Crippen LogP contribution in [0.15, 0.2) is 18.2 Å². The standard InChI is InChI=1S/C17H24F3NO3/c1-16(2)8-12-4-3-5-13(15(12)24-16)9-21(10-14(23)11-22)7-6-17(18,19)20/h3-5,14,22-23H,6-11H2,1-2H3/t14-/m0/s1. The summed E-state index contributed by atoms with van der Waals surface area (Å²) in [6.07, 6.45) is -5.56. The molecule has 1 atom stereocenters. The molecule has 7 heteroatoms. The molecule has 0 amide bonds. The van der Waals surface area contributed by atoms with Crippen LogP contribution in [0.4, 0.5) is 13.2 Å². The second-order valence-electron chi connectivity index (χ2n) is 6.88. The van der Waals surface area contributed by atoms with Gasteiger partial charge in [-0.25, -0.2) is 0 Å². The summed E-state index contributed by atoms with van der Waals surface area (Å²) < 4.78 is 43.5. The second kappa shape index (κ2) is 7.29. The van der Waals surface area contributed by atoms with Gasteiger partial charge in [-0.15, -0.1) is 0 Å². The van der Waals surface area contributed by atoms with E-state index >= 15 is 0 Å². The van der Waals surface area contributed by atoms with Gasteiger partial charge >= 0.3 is 6.18 Å². The Hall–Kier alpha value is -1.31. The number of hydrogen-bond donors (Lipinski definition) is 2. The zero-order chi connectivity index (χ0) is 18.0. The summed E-state index contributed by atoms with van der Waals surface area (Å²) in [5.74, 6) is 0.720. The molecule has 0 saturated carbocycles. The number of alkyl halides is 3. The molecule has 2 rings (SSSR count). The molecule has 24 heavy (non-hydrogen) atoms. The second-order valence-corrected chi connectivity index (χ2v) is 6.88. The summed E-state index contributed by atoms with van der Waals surface area (Å²) in [7, 11) is 0. The van der Waals surface area contributed by atoms with Crippen molar-refractivity contribution in [1.82, 2.24) is 4.90 Å². The zero-order valence-electron chi connectivity index (χ0n) is 13.9. The van der Waals surface area contributed by atoms with Crippen molar-refractivity contribution in [3.05, 3.63) is 29.3 Å². The molecule has 0 spiro atoms. The number of hydrogen-bond acceptors (Lipinski definition) is 4. The van der Waals surface area contributed by atoms with E-state index in [1.54, 1.807) is 0 Å². The van der Waals surface area contributed by atoms with Crippen molar-refractivity contribution < 1.29 is 28.1 Å². The molecule has 1 aliphatic heterocycles. The van der Waals surface area contributed by atoms with Gasteiger partial charge in [-0.05, 0) is 19.4 Å². The topological polar surface area (TPSA) is 52.9 Å². The molecular weight excluding hydrogens is 323 g/mol. The fourth-order valence-electron chi connectivity index (χ4n) is 2.92. The van der Waals surface area contributed by atoms with E-state index in [0.717, 1.165) is 23.3 Å². The van der Waals surface area contributed by atoms with Crippen LogP contribution in [-0.2, 0) is 13.0 Å². The summed E-state index contributed by atoms with van der Waals surface area (Å²) in [5, 5.41) is 18.6. The SMILES string of the molecule is CC1(C)Cc2cccc(CN(CCC(F)(F)F)C[C@H](O)CO)c2O1. The van der Waals surface area contributed by atoms with Gasteiger partial charge in [0, 0.05) is 31.6 Å². The number of aliphatic hydroxyl groups excluding tert-OH is 2. The predicted molar refractivity (Wildman–Crippen MR) is 83.9 cm³/mol. The van der Waals surface area contributed by atoms with Crippen LogP contribution in [-0.4, -0.2) is 52.7 Å². The molecule has 0 unspecified atom stereocenters. The first kappa shape index (κ1) is 19.0. The summed E-state index contributed by atoms with van der Waals surface area (Å²) in [5.41, 5.74) is 1.50. The maximum Gasteiger partial charge on any atom is 0.390 e. The van der Waals surface area contributed by atoms with Crippen LogP contribution < -0.4 is 4.74 Å². The van der Waals surface area contributed by atoms with Crippen molar-refractivity contribution in [2.24, 2.45) is 0 Å². The lowest BCUT2D eigenvalue weighted by atomic mass is 10.0. The Morgan fingerprint density at radius 1 is 1.33 bits per heavy atom.